The second kappa shape index (κ2) is 5.81. The minimum Gasteiger partial charge on any atom is -0.358 e. The highest BCUT2D eigenvalue weighted by molar-refractivity contribution is 9.09. The van der Waals surface area contributed by atoms with Crippen LogP contribution in [0, 0.1) is 10.1 Å². The number of H-pyrrole nitrogens is 1. The van der Waals surface area contributed by atoms with E-state index in [0.29, 0.717) is 11.9 Å². The molecule has 1 N–H and O–H groups in total. The lowest BCUT2D eigenvalue weighted by molar-refractivity contribution is -0.389. The molecule has 1 aromatic heterocycles. The van der Waals surface area contributed by atoms with Crippen LogP contribution in [0.15, 0.2) is 12.1 Å². The summed E-state index contributed by atoms with van der Waals surface area (Å²) in [5.74, 6) is -0.400. The first-order valence-corrected chi connectivity index (χ1v) is 6.30. The van der Waals surface area contributed by atoms with Crippen molar-refractivity contribution in [3.05, 3.63) is 27.9 Å². The minimum absolute atomic E-state index is 0.0439. The molecule has 6 nitrogen and oxygen atoms in total. The Balaban J connectivity index is 2.89. The van der Waals surface area contributed by atoms with Crippen LogP contribution in [0.3, 0.4) is 0 Å². The molecule has 0 radical (unpaired) electrons. The van der Waals surface area contributed by atoms with Crippen LogP contribution in [-0.2, 0) is 0 Å². The summed E-state index contributed by atoms with van der Waals surface area (Å²) in [6.07, 6.45) is 0. The monoisotopic (exact) mass is 303 g/mol. The molecule has 0 spiro atoms. The number of hydrogen-bond donors (Lipinski definition) is 1. The summed E-state index contributed by atoms with van der Waals surface area (Å²) < 4.78 is 0. The second-order valence-corrected chi connectivity index (χ2v) is 4.59. The normalized spacial score (nSPS) is 10.6. The van der Waals surface area contributed by atoms with Crippen molar-refractivity contribution in [3.8, 4) is 0 Å². The van der Waals surface area contributed by atoms with Gasteiger partial charge in [0.05, 0.1) is 0 Å². The standard InChI is InChI=1S/C10H14BrN3O3/c1-7(2)13(6-5-11)10(15)8-3-4-9(12-8)14(16)17/h3-4,7,12H,5-6H2,1-2H3. The number of hydrogen-bond acceptors (Lipinski definition) is 3. The number of amides is 1. The highest BCUT2D eigenvalue weighted by Crippen LogP contribution is 2.13. The summed E-state index contributed by atoms with van der Waals surface area (Å²) in [6.45, 7) is 4.36. The predicted octanol–water partition coefficient (Wildman–Crippen LogP) is 2.17. The van der Waals surface area contributed by atoms with Gasteiger partial charge in [-0.2, -0.15) is 0 Å². The largest absolute Gasteiger partial charge is 0.358 e. The first-order valence-electron chi connectivity index (χ1n) is 5.17. The SMILES string of the molecule is CC(C)N(CCBr)C(=O)c1ccc([N+](=O)[O-])[nH]1. The van der Waals surface area contributed by atoms with E-state index in [-0.39, 0.29) is 23.5 Å². The molecule has 0 atom stereocenters. The lowest BCUT2D eigenvalue weighted by Crippen LogP contribution is -2.38. The predicted molar refractivity (Wildman–Crippen MR) is 67.4 cm³/mol. The molecule has 0 saturated heterocycles. The maximum absolute atomic E-state index is 12.1. The van der Waals surface area contributed by atoms with Gasteiger partial charge >= 0.3 is 5.82 Å². The zero-order valence-corrected chi connectivity index (χ0v) is 11.2. The first kappa shape index (κ1) is 13.7. The number of carbonyl (C=O) groups is 1. The molecule has 0 bridgehead atoms. The zero-order valence-electron chi connectivity index (χ0n) is 9.64. The Labute approximate surface area is 107 Å². The van der Waals surface area contributed by atoms with Crippen LogP contribution in [0.2, 0.25) is 0 Å². The van der Waals surface area contributed by atoms with Crippen LogP contribution in [0.25, 0.3) is 0 Å². The maximum atomic E-state index is 12.1. The van der Waals surface area contributed by atoms with E-state index in [1.54, 1.807) is 4.90 Å². The molecule has 1 rings (SSSR count). The molecular formula is C10H14BrN3O3. The van der Waals surface area contributed by atoms with Gasteiger partial charge in [-0.3, -0.25) is 4.79 Å². The summed E-state index contributed by atoms with van der Waals surface area (Å²) in [5.41, 5.74) is 0.242. The fourth-order valence-electron chi connectivity index (χ4n) is 1.45. The molecule has 0 unspecified atom stereocenters. The van der Waals surface area contributed by atoms with Crippen molar-refractivity contribution in [2.45, 2.75) is 19.9 Å². The van der Waals surface area contributed by atoms with Gasteiger partial charge in [0.15, 0.2) is 5.69 Å². The molecule has 0 aromatic carbocycles. The van der Waals surface area contributed by atoms with Gasteiger partial charge in [-0.05, 0) is 24.8 Å². The Bertz CT molecular complexity index is 417. The minimum atomic E-state index is -0.555. The molecule has 7 heteroatoms. The summed E-state index contributed by atoms with van der Waals surface area (Å²) in [4.78, 5) is 26.2. The van der Waals surface area contributed by atoms with Gasteiger partial charge in [0, 0.05) is 24.0 Å². The van der Waals surface area contributed by atoms with Crippen LogP contribution < -0.4 is 0 Å². The van der Waals surface area contributed by atoms with Gasteiger partial charge in [-0.1, -0.05) is 15.9 Å². The number of halogens is 1. The molecule has 94 valence electrons. The smallest absolute Gasteiger partial charge is 0.321 e. The Hall–Kier alpha value is -1.37. The lowest BCUT2D eigenvalue weighted by Gasteiger charge is -2.24. The van der Waals surface area contributed by atoms with E-state index in [4.69, 9.17) is 0 Å². The fourth-order valence-corrected chi connectivity index (χ4v) is 1.84. The van der Waals surface area contributed by atoms with Crippen LogP contribution in [-0.4, -0.2) is 38.6 Å². The van der Waals surface area contributed by atoms with E-state index in [2.05, 4.69) is 20.9 Å². The average molecular weight is 304 g/mol. The third-order valence-corrected chi connectivity index (χ3v) is 2.66. The van der Waals surface area contributed by atoms with E-state index in [1.165, 1.54) is 12.1 Å². The molecule has 0 saturated carbocycles. The second-order valence-electron chi connectivity index (χ2n) is 3.80. The first-order chi connectivity index (χ1) is 7.97. The maximum Gasteiger partial charge on any atom is 0.321 e. The number of aromatic amines is 1. The molecule has 1 heterocycles. The number of nitro groups is 1. The van der Waals surface area contributed by atoms with Gasteiger partial charge in [0.25, 0.3) is 5.91 Å². The zero-order chi connectivity index (χ0) is 13.0. The molecule has 1 aromatic rings. The van der Waals surface area contributed by atoms with Gasteiger partial charge in [0.1, 0.15) is 0 Å². The van der Waals surface area contributed by atoms with Crippen molar-refractivity contribution in [2.24, 2.45) is 0 Å². The highest BCUT2D eigenvalue weighted by Gasteiger charge is 2.23. The Morgan fingerprint density at radius 3 is 2.65 bits per heavy atom. The van der Waals surface area contributed by atoms with Gasteiger partial charge in [-0.25, -0.2) is 4.98 Å². The number of alkyl halides is 1. The quantitative estimate of drug-likeness (QED) is 0.514. The van der Waals surface area contributed by atoms with Crippen molar-refractivity contribution in [3.63, 3.8) is 0 Å². The number of rotatable bonds is 5. The topological polar surface area (TPSA) is 79.2 Å². The lowest BCUT2D eigenvalue weighted by atomic mass is 10.3. The van der Waals surface area contributed by atoms with Crippen LogP contribution in [0.1, 0.15) is 24.3 Å². The highest BCUT2D eigenvalue weighted by atomic mass is 79.9. The number of nitrogens with zero attached hydrogens (tertiary/aromatic N) is 2. The van der Waals surface area contributed by atoms with Gasteiger partial charge < -0.3 is 15.0 Å². The number of carbonyl (C=O) groups excluding carboxylic acids is 1. The van der Waals surface area contributed by atoms with Gasteiger partial charge in [0.2, 0.25) is 0 Å². The van der Waals surface area contributed by atoms with Crippen molar-refractivity contribution >= 4 is 27.7 Å². The molecule has 0 aliphatic rings. The third kappa shape index (κ3) is 3.29. The Morgan fingerprint density at radius 2 is 2.24 bits per heavy atom. The van der Waals surface area contributed by atoms with Crippen molar-refractivity contribution in [1.82, 2.24) is 9.88 Å². The van der Waals surface area contributed by atoms with E-state index in [0.717, 1.165) is 0 Å². The van der Waals surface area contributed by atoms with Crippen LogP contribution in [0.4, 0.5) is 5.82 Å². The summed E-state index contributed by atoms with van der Waals surface area (Å²) in [6, 6.07) is 2.77. The number of aromatic nitrogens is 1. The van der Waals surface area contributed by atoms with E-state index < -0.39 is 4.92 Å². The van der Waals surface area contributed by atoms with E-state index >= 15 is 0 Å². The van der Waals surface area contributed by atoms with E-state index in [9.17, 15) is 14.9 Å². The molecule has 17 heavy (non-hydrogen) atoms. The number of nitrogens with one attached hydrogen (secondary N) is 1. The fraction of sp³-hybridized carbons (Fsp3) is 0.500. The van der Waals surface area contributed by atoms with Crippen LogP contribution in [0.5, 0.6) is 0 Å². The van der Waals surface area contributed by atoms with Crippen molar-refractivity contribution < 1.29 is 9.72 Å². The Kier molecular flexibility index (Phi) is 4.68. The molecule has 0 fully saturated rings. The van der Waals surface area contributed by atoms with Crippen molar-refractivity contribution in [1.29, 1.82) is 0 Å². The Morgan fingerprint density at radius 1 is 1.59 bits per heavy atom. The summed E-state index contributed by atoms with van der Waals surface area (Å²) in [5, 5.41) is 11.2. The van der Waals surface area contributed by atoms with Crippen LogP contribution >= 0.6 is 15.9 Å². The van der Waals surface area contributed by atoms with Gasteiger partial charge in [-0.15, -0.1) is 0 Å². The molecule has 1 amide bonds. The average Bonchev–Trinajstić information content (AvgIpc) is 2.73. The third-order valence-electron chi connectivity index (χ3n) is 2.31. The molecule has 0 aliphatic heterocycles. The van der Waals surface area contributed by atoms with Crippen molar-refractivity contribution in [2.75, 3.05) is 11.9 Å². The summed E-state index contributed by atoms with van der Waals surface area (Å²) in [7, 11) is 0. The van der Waals surface area contributed by atoms with E-state index in [1.807, 2.05) is 13.8 Å². The molecular weight excluding hydrogens is 290 g/mol. The summed E-state index contributed by atoms with van der Waals surface area (Å²) >= 11 is 3.28. The molecule has 0 aliphatic carbocycles.